The lowest BCUT2D eigenvalue weighted by atomic mass is 10.0. The van der Waals surface area contributed by atoms with E-state index in [2.05, 4.69) is 5.32 Å². The maximum atomic E-state index is 12.2. The summed E-state index contributed by atoms with van der Waals surface area (Å²) in [4.78, 5) is 34.2. The molecule has 0 spiro atoms. The van der Waals surface area contributed by atoms with Gasteiger partial charge in [-0.1, -0.05) is 32.0 Å². The van der Waals surface area contributed by atoms with Crippen molar-refractivity contribution in [2.24, 2.45) is 0 Å². The molecule has 136 valence electrons. The second kappa shape index (κ2) is 8.75. The largest absolute Gasteiger partial charge is 0.452 e. The third kappa shape index (κ3) is 4.66. The van der Waals surface area contributed by atoms with E-state index >= 15 is 0 Å². The van der Waals surface area contributed by atoms with Crippen molar-refractivity contribution in [3.63, 3.8) is 0 Å². The summed E-state index contributed by atoms with van der Waals surface area (Å²) in [5.74, 6) is -1.15. The van der Waals surface area contributed by atoms with Crippen molar-refractivity contribution in [1.29, 1.82) is 0 Å². The van der Waals surface area contributed by atoms with Gasteiger partial charge < -0.3 is 10.1 Å². The Balaban J connectivity index is 1.98. The zero-order chi connectivity index (χ0) is 19.1. The van der Waals surface area contributed by atoms with Crippen molar-refractivity contribution >= 4 is 23.3 Å². The molecule has 0 atom stereocenters. The van der Waals surface area contributed by atoms with Gasteiger partial charge in [0.05, 0.1) is 10.5 Å². The molecule has 0 aliphatic heterocycles. The van der Waals surface area contributed by atoms with Crippen LogP contribution in [-0.4, -0.2) is 23.4 Å². The number of ether oxygens (including phenoxy) is 1. The number of amides is 1. The predicted molar refractivity (Wildman–Crippen MR) is 97.2 cm³/mol. The number of benzene rings is 2. The zero-order valence-electron chi connectivity index (χ0n) is 14.7. The molecule has 0 aromatic heterocycles. The highest BCUT2D eigenvalue weighted by atomic mass is 16.6. The number of para-hydroxylation sites is 1. The second-order valence-electron chi connectivity index (χ2n) is 5.59. The van der Waals surface area contributed by atoms with Crippen LogP contribution in [0.25, 0.3) is 0 Å². The number of nitro groups is 1. The van der Waals surface area contributed by atoms with Crippen LogP contribution in [0.2, 0.25) is 0 Å². The minimum atomic E-state index is -0.713. The third-order valence-corrected chi connectivity index (χ3v) is 3.91. The topological polar surface area (TPSA) is 98.5 Å². The minimum Gasteiger partial charge on any atom is -0.452 e. The summed E-state index contributed by atoms with van der Waals surface area (Å²) in [6.07, 6.45) is 1.54. The van der Waals surface area contributed by atoms with Gasteiger partial charge in [-0.2, -0.15) is 0 Å². The second-order valence-corrected chi connectivity index (χ2v) is 5.59. The molecule has 0 saturated carbocycles. The molecular weight excluding hydrogens is 336 g/mol. The summed E-state index contributed by atoms with van der Waals surface area (Å²) in [7, 11) is 0. The smallest absolute Gasteiger partial charge is 0.338 e. The quantitative estimate of drug-likeness (QED) is 0.465. The molecule has 7 nitrogen and oxygen atoms in total. The summed E-state index contributed by atoms with van der Waals surface area (Å²) in [6, 6.07) is 10.8. The standard InChI is InChI=1S/C19H20N2O5/c1-3-13-6-5-7-14(4-2)18(13)20-17(22)12-26-19(23)15-8-10-16(11-9-15)21(24)25/h5-11H,3-4,12H2,1-2H3,(H,20,22). The van der Waals surface area contributed by atoms with Crippen LogP contribution in [0.15, 0.2) is 42.5 Å². The number of nitrogens with zero attached hydrogens (tertiary/aromatic N) is 1. The molecule has 0 fully saturated rings. The maximum Gasteiger partial charge on any atom is 0.338 e. The molecule has 0 heterocycles. The Kier molecular flexibility index (Phi) is 6.43. The number of rotatable bonds is 7. The number of hydrogen-bond donors (Lipinski definition) is 1. The Morgan fingerprint density at radius 3 is 2.12 bits per heavy atom. The number of anilines is 1. The molecule has 0 unspecified atom stereocenters. The number of esters is 1. The average Bonchev–Trinajstić information content (AvgIpc) is 2.66. The Morgan fingerprint density at radius 2 is 1.62 bits per heavy atom. The maximum absolute atomic E-state index is 12.2. The van der Waals surface area contributed by atoms with Crippen molar-refractivity contribution in [2.45, 2.75) is 26.7 Å². The van der Waals surface area contributed by atoms with E-state index < -0.39 is 23.4 Å². The first-order valence-corrected chi connectivity index (χ1v) is 8.28. The van der Waals surface area contributed by atoms with Crippen LogP contribution >= 0.6 is 0 Å². The first kappa shape index (κ1) is 19.1. The lowest BCUT2D eigenvalue weighted by Gasteiger charge is -2.14. The molecule has 26 heavy (non-hydrogen) atoms. The predicted octanol–water partition coefficient (Wildman–Crippen LogP) is 3.52. The summed E-state index contributed by atoms with van der Waals surface area (Å²) in [5, 5.41) is 13.4. The molecule has 0 aliphatic rings. The van der Waals surface area contributed by atoms with Gasteiger partial charge in [0.1, 0.15) is 0 Å². The van der Waals surface area contributed by atoms with Crippen molar-refractivity contribution in [1.82, 2.24) is 0 Å². The van der Waals surface area contributed by atoms with E-state index in [0.717, 1.165) is 29.7 Å². The van der Waals surface area contributed by atoms with E-state index in [1.165, 1.54) is 24.3 Å². The lowest BCUT2D eigenvalue weighted by Crippen LogP contribution is -2.22. The van der Waals surface area contributed by atoms with Gasteiger partial charge in [-0.3, -0.25) is 14.9 Å². The molecular formula is C19H20N2O5. The van der Waals surface area contributed by atoms with Crippen molar-refractivity contribution in [3.05, 3.63) is 69.3 Å². The third-order valence-electron chi connectivity index (χ3n) is 3.91. The van der Waals surface area contributed by atoms with E-state index in [1.807, 2.05) is 32.0 Å². The first-order chi connectivity index (χ1) is 12.5. The highest BCUT2D eigenvalue weighted by Gasteiger charge is 2.14. The zero-order valence-corrected chi connectivity index (χ0v) is 14.7. The van der Waals surface area contributed by atoms with Crippen molar-refractivity contribution in [2.75, 3.05) is 11.9 Å². The molecule has 7 heteroatoms. The molecule has 0 aliphatic carbocycles. The molecule has 2 rings (SSSR count). The fourth-order valence-electron chi connectivity index (χ4n) is 2.51. The Hall–Kier alpha value is -3.22. The van der Waals surface area contributed by atoms with Gasteiger partial charge in [0, 0.05) is 17.8 Å². The van der Waals surface area contributed by atoms with E-state index in [4.69, 9.17) is 4.74 Å². The number of carbonyl (C=O) groups excluding carboxylic acids is 2. The number of nitrogens with one attached hydrogen (secondary N) is 1. The summed E-state index contributed by atoms with van der Waals surface area (Å²) in [5.41, 5.74) is 2.81. The van der Waals surface area contributed by atoms with Crippen LogP contribution in [-0.2, 0) is 22.4 Å². The van der Waals surface area contributed by atoms with Crippen molar-refractivity contribution in [3.8, 4) is 0 Å². The number of aryl methyl sites for hydroxylation is 2. The molecule has 0 radical (unpaired) electrons. The SMILES string of the molecule is CCc1cccc(CC)c1NC(=O)COC(=O)c1ccc([N+](=O)[O-])cc1. The van der Waals surface area contributed by atoms with E-state index in [-0.39, 0.29) is 11.3 Å². The van der Waals surface area contributed by atoms with E-state index in [9.17, 15) is 19.7 Å². The number of non-ortho nitro benzene ring substituents is 1. The average molecular weight is 356 g/mol. The highest BCUT2D eigenvalue weighted by Crippen LogP contribution is 2.22. The summed E-state index contributed by atoms with van der Waals surface area (Å²) >= 11 is 0. The van der Waals surface area contributed by atoms with Crippen LogP contribution in [0.3, 0.4) is 0 Å². The molecule has 0 bridgehead atoms. The van der Waals surface area contributed by atoms with Crippen LogP contribution in [0.1, 0.15) is 35.3 Å². The van der Waals surface area contributed by atoms with Gasteiger partial charge in [0.15, 0.2) is 6.61 Å². The summed E-state index contributed by atoms with van der Waals surface area (Å²) in [6.45, 7) is 3.56. The minimum absolute atomic E-state index is 0.123. The van der Waals surface area contributed by atoms with Crippen LogP contribution in [0.5, 0.6) is 0 Å². The van der Waals surface area contributed by atoms with Gasteiger partial charge in [0.25, 0.3) is 11.6 Å². The lowest BCUT2D eigenvalue weighted by molar-refractivity contribution is -0.384. The normalized spacial score (nSPS) is 10.2. The monoisotopic (exact) mass is 356 g/mol. The van der Waals surface area contributed by atoms with Gasteiger partial charge in [0.2, 0.25) is 0 Å². The van der Waals surface area contributed by atoms with Gasteiger partial charge in [-0.15, -0.1) is 0 Å². The number of carbonyl (C=O) groups is 2. The Morgan fingerprint density at radius 1 is 1.04 bits per heavy atom. The fourth-order valence-corrected chi connectivity index (χ4v) is 2.51. The molecule has 2 aromatic carbocycles. The van der Waals surface area contributed by atoms with Gasteiger partial charge in [-0.25, -0.2) is 4.79 Å². The molecule has 1 amide bonds. The Labute approximate surface area is 151 Å². The Bertz CT molecular complexity index is 793. The van der Waals surface area contributed by atoms with Crippen LogP contribution in [0, 0.1) is 10.1 Å². The van der Waals surface area contributed by atoms with Gasteiger partial charge >= 0.3 is 5.97 Å². The fraction of sp³-hybridized carbons (Fsp3) is 0.263. The van der Waals surface area contributed by atoms with E-state index in [1.54, 1.807) is 0 Å². The molecule has 1 N–H and O–H groups in total. The van der Waals surface area contributed by atoms with Crippen LogP contribution < -0.4 is 5.32 Å². The van der Waals surface area contributed by atoms with Crippen molar-refractivity contribution < 1.29 is 19.2 Å². The van der Waals surface area contributed by atoms with Crippen LogP contribution in [0.4, 0.5) is 11.4 Å². The molecule has 2 aromatic rings. The van der Waals surface area contributed by atoms with Gasteiger partial charge in [-0.05, 0) is 36.1 Å². The van der Waals surface area contributed by atoms with E-state index in [0.29, 0.717) is 0 Å². The number of nitro benzene ring substituents is 1. The first-order valence-electron chi connectivity index (χ1n) is 8.28. The number of hydrogen-bond acceptors (Lipinski definition) is 5. The highest BCUT2D eigenvalue weighted by molar-refractivity contribution is 5.96. The summed E-state index contributed by atoms with van der Waals surface area (Å²) < 4.78 is 4.99. The molecule has 0 saturated heterocycles.